The summed E-state index contributed by atoms with van der Waals surface area (Å²) >= 11 is 0. The van der Waals surface area contributed by atoms with Crippen molar-refractivity contribution < 1.29 is 0 Å². The van der Waals surface area contributed by atoms with Crippen LogP contribution in [-0.2, 0) is 13.6 Å². The molecule has 2 aromatic rings. The Morgan fingerprint density at radius 3 is 2.65 bits per heavy atom. The van der Waals surface area contributed by atoms with Gasteiger partial charge in [0, 0.05) is 37.7 Å². The highest BCUT2D eigenvalue weighted by Crippen LogP contribution is 2.25. The standard InChI is InChI=1S/C16H22N4/c1-13-11-14(20-9-3-4-10-20)5-6-16(13)17-12-15-7-8-18-19(15)2/h5-8,11,17H,3-4,9-10,12H2,1-2H3. The number of anilines is 2. The van der Waals surface area contributed by atoms with Gasteiger partial charge in [-0.15, -0.1) is 0 Å². The third kappa shape index (κ3) is 2.64. The Morgan fingerprint density at radius 1 is 1.20 bits per heavy atom. The SMILES string of the molecule is Cc1cc(N2CCCC2)ccc1NCc1ccnn1C. The number of aryl methyl sites for hydroxylation is 2. The molecule has 0 spiro atoms. The van der Waals surface area contributed by atoms with Crippen molar-refractivity contribution in [2.75, 3.05) is 23.3 Å². The monoisotopic (exact) mass is 270 g/mol. The van der Waals surface area contributed by atoms with Gasteiger partial charge in [-0.25, -0.2) is 0 Å². The van der Waals surface area contributed by atoms with Crippen LogP contribution in [0.4, 0.5) is 11.4 Å². The van der Waals surface area contributed by atoms with E-state index in [1.54, 1.807) is 0 Å². The van der Waals surface area contributed by atoms with Crippen LogP contribution in [0.15, 0.2) is 30.5 Å². The topological polar surface area (TPSA) is 33.1 Å². The molecule has 1 saturated heterocycles. The predicted molar refractivity (Wildman–Crippen MR) is 83.2 cm³/mol. The minimum Gasteiger partial charge on any atom is -0.379 e. The normalized spacial score (nSPS) is 14.8. The van der Waals surface area contributed by atoms with E-state index >= 15 is 0 Å². The van der Waals surface area contributed by atoms with Crippen LogP contribution in [0.5, 0.6) is 0 Å². The van der Waals surface area contributed by atoms with Gasteiger partial charge in [0.2, 0.25) is 0 Å². The number of nitrogens with zero attached hydrogens (tertiary/aromatic N) is 3. The van der Waals surface area contributed by atoms with Gasteiger partial charge in [0.05, 0.1) is 12.2 Å². The van der Waals surface area contributed by atoms with E-state index in [1.165, 1.54) is 48.6 Å². The molecule has 3 rings (SSSR count). The number of aromatic nitrogens is 2. The summed E-state index contributed by atoms with van der Waals surface area (Å²) in [6, 6.07) is 8.75. The molecule has 0 unspecified atom stereocenters. The van der Waals surface area contributed by atoms with Crippen molar-refractivity contribution in [3.63, 3.8) is 0 Å². The minimum atomic E-state index is 0.806. The van der Waals surface area contributed by atoms with Crippen molar-refractivity contribution in [1.29, 1.82) is 0 Å². The molecule has 0 aliphatic carbocycles. The number of hydrogen-bond donors (Lipinski definition) is 1. The van der Waals surface area contributed by atoms with Crippen LogP contribution in [-0.4, -0.2) is 22.9 Å². The first-order chi connectivity index (χ1) is 9.74. The van der Waals surface area contributed by atoms with Gasteiger partial charge >= 0.3 is 0 Å². The lowest BCUT2D eigenvalue weighted by atomic mass is 10.1. The molecule has 1 aromatic heterocycles. The summed E-state index contributed by atoms with van der Waals surface area (Å²) in [7, 11) is 1.97. The van der Waals surface area contributed by atoms with Crippen LogP contribution >= 0.6 is 0 Å². The van der Waals surface area contributed by atoms with E-state index in [2.05, 4.69) is 40.4 Å². The van der Waals surface area contributed by atoms with Crippen molar-refractivity contribution >= 4 is 11.4 Å². The fraction of sp³-hybridized carbons (Fsp3) is 0.438. The Labute approximate surface area is 120 Å². The number of hydrogen-bond acceptors (Lipinski definition) is 3. The van der Waals surface area contributed by atoms with Gasteiger partial charge in [0.15, 0.2) is 0 Å². The Hall–Kier alpha value is -1.97. The van der Waals surface area contributed by atoms with Gasteiger partial charge < -0.3 is 10.2 Å². The first-order valence-electron chi connectivity index (χ1n) is 7.30. The summed E-state index contributed by atoms with van der Waals surface area (Å²) in [6.07, 6.45) is 4.47. The van der Waals surface area contributed by atoms with Crippen molar-refractivity contribution in [1.82, 2.24) is 9.78 Å². The predicted octanol–water partition coefficient (Wildman–Crippen LogP) is 2.94. The molecule has 0 bridgehead atoms. The van der Waals surface area contributed by atoms with Crippen LogP contribution in [0.3, 0.4) is 0 Å². The highest BCUT2D eigenvalue weighted by molar-refractivity contribution is 5.60. The average Bonchev–Trinajstić information content (AvgIpc) is 3.09. The Morgan fingerprint density at radius 2 is 2.00 bits per heavy atom. The summed E-state index contributed by atoms with van der Waals surface area (Å²) in [6.45, 7) is 5.37. The maximum Gasteiger partial charge on any atom is 0.0571 e. The molecule has 0 amide bonds. The maximum atomic E-state index is 4.19. The highest BCUT2D eigenvalue weighted by atomic mass is 15.3. The van der Waals surface area contributed by atoms with Crippen LogP contribution < -0.4 is 10.2 Å². The van der Waals surface area contributed by atoms with E-state index < -0.39 is 0 Å². The zero-order valence-corrected chi connectivity index (χ0v) is 12.3. The quantitative estimate of drug-likeness (QED) is 0.927. The second kappa shape index (κ2) is 5.57. The van der Waals surface area contributed by atoms with E-state index in [4.69, 9.17) is 0 Å². The second-order valence-corrected chi connectivity index (χ2v) is 5.49. The molecule has 1 aromatic carbocycles. The van der Waals surface area contributed by atoms with E-state index in [-0.39, 0.29) is 0 Å². The highest BCUT2D eigenvalue weighted by Gasteiger charge is 2.13. The lowest BCUT2D eigenvalue weighted by Crippen LogP contribution is -2.17. The van der Waals surface area contributed by atoms with Gasteiger partial charge in [-0.05, 0) is 49.6 Å². The van der Waals surface area contributed by atoms with Crippen LogP contribution in [0, 0.1) is 6.92 Å². The summed E-state index contributed by atoms with van der Waals surface area (Å²) in [5, 5.41) is 7.68. The first-order valence-corrected chi connectivity index (χ1v) is 7.30. The van der Waals surface area contributed by atoms with Gasteiger partial charge in [-0.2, -0.15) is 5.10 Å². The van der Waals surface area contributed by atoms with Crippen LogP contribution in [0.25, 0.3) is 0 Å². The first kappa shape index (κ1) is 13.0. The molecule has 1 aliphatic heterocycles. The van der Waals surface area contributed by atoms with Gasteiger partial charge in [-0.1, -0.05) is 0 Å². The molecule has 2 heterocycles. The summed E-state index contributed by atoms with van der Waals surface area (Å²) in [5.41, 5.74) is 5.05. The smallest absolute Gasteiger partial charge is 0.0571 e. The molecule has 0 atom stereocenters. The Bertz CT molecular complexity index is 582. The molecule has 0 radical (unpaired) electrons. The molecule has 1 N–H and O–H groups in total. The van der Waals surface area contributed by atoms with Crippen molar-refractivity contribution in [2.45, 2.75) is 26.3 Å². The van der Waals surface area contributed by atoms with Gasteiger partial charge in [-0.3, -0.25) is 4.68 Å². The second-order valence-electron chi connectivity index (χ2n) is 5.49. The molecule has 1 aliphatic rings. The third-order valence-electron chi connectivity index (χ3n) is 4.06. The van der Waals surface area contributed by atoms with Crippen molar-refractivity contribution in [3.8, 4) is 0 Å². The number of rotatable bonds is 4. The lowest BCUT2D eigenvalue weighted by Gasteiger charge is -2.19. The fourth-order valence-corrected chi connectivity index (χ4v) is 2.78. The van der Waals surface area contributed by atoms with E-state index in [0.717, 1.165) is 6.54 Å². The van der Waals surface area contributed by atoms with Crippen molar-refractivity contribution in [2.24, 2.45) is 7.05 Å². The fourth-order valence-electron chi connectivity index (χ4n) is 2.78. The molecule has 0 saturated carbocycles. The zero-order valence-electron chi connectivity index (χ0n) is 12.3. The lowest BCUT2D eigenvalue weighted by molar-refractivity contribution is 0.720. The summed E-state index contributed by atoms with van der Waals surface area (Å²) < 4.78 is 1.90. The zero-order chi connectivity index (χ0) is 13.9. The minimum absolute atomic E-state index is 0.806. The van der Waals surface area contributed by atoms with Gasteiger partial charge in [0.1, 0.15) is 0 Å². The van der Waals surface area contributed by atoms with E-state index in [9.17, 15) is 0 Å². The molecular weight excluding hydrogens is 248 g/mol. The average molecular weight is 270 g/mol. The van der Waals surface area contributed by atoms with Gasteiger partial charge in [0.25, 0.3) is 0 Å². The van der Waals surface area contributed by atoms with Crippen LogP contribution in [0.2, 0.25) is 0 Å². The van der Waals surface area contributed by atoms with E-state index in [0.29, 0.717) is 0 Å². The summed E-state index contributed by atoms with van der Waals surface area (Å²) in [5.74, 6) is 0. The molecule has 20 heavy (non-hydrogen) atoms. The summed E-state index contributed by atoms with van der Waals surface area (Å²) in [4.78, 5) is 2.47. The molecule has 1 fully saturated rings. The van der Waals surface area contributed by atoms with Crippen molar-refractivity contribution in [3.05, 3.63) is 41.7 Å². The Balaban J connectivity index is 1.69. The van der Waals surface area contributed by atoms with E-state index in [1.807, 2.05) is 24.0 Å². The molecule has 4 nitrogen and oxygen atoms in total. The molecule has 4 heteroatoms. The number of nitrogens with one attached hydrogen (secondary N) is 1. The number of benzene rings is 1. The molecular formula is C16H22N4. The maximum absolute atomic E-state index is 4.19. The largest absolute Gasteiger partial charge is 0.379 e. The Kier molecular flexibility index (Phi) is 3.63. The van der Waals surface area contributed by atoms with Crippen LogP contribution in [0.1, 0.15) is 24.1 Å². The molecule has 106 valence electrons. The third-order valence-corrected chi connectivity index (χ3v) is 4.06.